The number of esters is 1. The monoisotopic (exact) mass is 333 g/mol. The third-order valence-corrected chi connectivity index (χ3v) is 4.08. The molecule has 0 radical (unpaired) electrons. The van der Waals surface area contributed by atoms with Crippen LogP contribution in [0.5, 0.6) is 0 Å². The number of hydrogen-bond donors (Lipinski definition) is 2. The Balaban J connectivity index is 2.36. The highest BCUT2D eigenvalue weighted by Crippen LogP contribution is 2.39. The van der Waals surface area contributed by atoms with Crippen molar-refractivity contribution in [1.29, 1.82) is 0 Å². The lowest BCUT2D eigenvalue weighted by atomic mass is 9.81. The Morgan fingerprint density at radius 1 is 1.42 bits per heavy atom. The molecule has 2 aromatic rings. The van der Waals surface area contributed by atoms with Crippen molar-refractivity contribution in [3.8, 4) is 0 Å². The number of aromatic nitrogens is 3. The SMILES string of the molecule is COC(=O)C(C)(C)C(OCc1cn[nH]n1)c1ccc(C)c(CO)c1. The molecule has 2 N–H and O–H groups in total. The number of aliphatic hydroxyl groups is 1. The summed E-state index contributed by atoms with van der Waals surface area (Å²) in [7, 11) is 1.35. The lowest BCUT2D eigenvalue weighted by Gasteiger charge is -2.32. The van der Waals surface area contributed by atoms with Crippen LogP contribution in [0.25, 0.3) is 0 Å². The molecular formula is C17H23N3O4. The summed E-state index contributed by atoms with van der Waals surface area (Å²) in [4.78, 5) is 12.2. The second-order valence-corrected chi connectivity index (χ2v) is 6.21. The van der Waals surface area contributed by atoms with E-state index in [-0.39, 0.29) is 19.2 Å². The molecule has 0 saturated heterocycles. The Hall–Kier alpha value is -2.25. The third kappa shape index (κ3) is 3.80. The standard InChI is InChI=1S/C17H23N3O4/c1-11-5-6-12(7-13(11)9-21)15(17(2,3)16(22)23-4)24-10-14-8-18-20-19-14/h5-8,15,21H,9-10H2,1-4H3,(H,18,19,20). The Labute approximate surface area is 141 Å². The summed E-state index contributed by atoms with van der Waals surface area (Å²) in [5.74, 6) is -0.376. The zero-order chi connectivity index (χ0) is 17.7. The Morgan fingerprint density at radius 2 is 2.17 bits per heavy atom. The molecule has 1 aromatic heterocycles. The first kappa shape index (κ1) is 18.1. The molecule has 0 fully saturated rings. The van der Waals surface area contributed by atoms with Crippen molar-refractivity contribution in [3.05, 3.63) is 46.8 Å². The average Bonchev–Trinajstić information content (AvgIpc) is 3.08. The summed E-state index contributed by atoms with van der Waals surface area (Å²) in [6, 6.07) is 5.65. The number of ether oxygens (including phenoxy) is 2. The van der Waals surface area contributed by atoms with Crippen molar-refractivity contribution in [1.82, 2.24) is 15.4 Å². The van der Waals surface area contributed by atoms with Gasteiger partial charge in [0.2, 0.25) is 0 Å². The molecule has 1 aromatic carbocycles. The van der Waals surface area contributed by atoms with E-state index in [0.717, 1.165) is 16.7 Å². The van der Waals surface area contributed by atoms with Gasteiger partial charge in [0, 0.05) is 0 Å². The lowest BCUT2D eigenvalue weighted by molar-refractivity contribution is -0.162. The Bertz CT molecular complexity index is 683. The molecule has 0 aliphatic carbocycles. The number of aryl methyl sites for hydroxylation is 1. The Morgan fingerprint density at radius 3 is 2.75 bits per heavy atom. The second kappa shape index (κ2) is 7.55. The zero-order valence-electron chi connectivity index (χ0n) is 14.4. The van der Waals surface area contributed by atoms with Crippen LogP contribution < -0.4 is 0 Å². The number of carbonyl (C=O) groups excluding carboxylic acids is 1. The molecule has 1 atom stereocenters. The normalized spacial score (nSPS) is 12.9. The van der Waals surface area contributed by atoms with Gasteiger partial charge in [-0.25, -0.2) is 0 Å². The first-order valence-electron chi connectivity index (χ1n) is 7.65. The summed E-state index contributed by atoms with van der Waals surface area (Å²) in [6.07, 6.45) is 1.00. The van der Waals surface area contributed by atoms with E-state index in [1.165, 1.54) is 7.11 Å². The van der Waals surface area contributed by atoms with Gasteiger partial charge in [-0.05, 0) is 37.5 Å². The van der Waals surface area contributed by atoms with Gasteiger partial charge in [-0.15, -0.1) is 0 Å². The molecule has 1 heterocycles. The van der Waals surface area contributed by atoms with Gasteiger partial charge >= 0.3 is 5.97 Å². The van der Waals surface area contributed by atoms with Crippen LogP contribution in [0.1, 0.15) is 42.3 Å². The maximum atomic E-state index is 12.2. The van der Waals surface area contributed by atoms with E-state index >= 15 is 0 Å². The predicted molar refractivity (Wildman–Crippen MR) is 86.8 cm³/mol. The fourth-order valence-corrected chi connectivity index (χ4v) is 2.58. The predicted octanol–water partition coefficient (Wildman–Crippen LogP) is 2.06. The first-order chi connectivity index (χ1) is 11.4. The number of nitrogens with one attached hydrogen (secondary N) is 1. The Kier molecular flexibility index (Phi) is 5.69. The average molecular weight is 333 g/mol. The number of benzene rings is 1. The highest BCUT2D eigenvalue weighted by molar-refractivity contribution is 5.77. The maximum absolute atomic E-state index is 12.2. The second-order valence-electron chi connectivity index (χ2n) is 6.21. The molecule has 24 heavy (non-hydrogen) atoms. The molecule has 0 amide bonds. The molecule has 130 valence electrons. The number of H-pyrrole nitrogens is 1. The van der Waals surface area contributed by atoms with Gasteiger partial charge < -0.3 is 14.6 Å². The molecule has 0 aliphatic rings. The van der Waals surface area contributed by atoms with E-state index in [2.05, 4.69) is 15.4 Å². The first-order valence-corrected chi connectivity index (χ1v) is 7.65. The number of methoxy groups -OCH3 is 1. The molecule has 0 aliphatic heterocycles. The minimum atomic E-state index is -0.916. The summed E-state index contributed by atoms with van der Waals surface area (Å²) < 4.78 is 10.9. The summed E-state index contributed by atoms with van der Waals surface area (Å²) in [5, 5.41) is 19.7. The highest BCUT2D eigenvalue weighted by Gasteiger charge is 2.40. The van der Waals surface area contributed by atoms with Gasteiger partial charge in [-0.1, -0.05) is 18.2 Å². The van der Waals surface area contributed by atoms with Crippen LogP contribution in [0.15, 0.2) is 24.4 Å². The van der Waals surface area contributed by atoms with E-state index in [0.29, 0.717) is 5.69 Å². The summed E-state index contributed by atoms with van der Waals surface area (Å²) >= 11 is 0. The zero-order valence-corrected chi connectivity index (χ0v) is 14.4. The fraction of sp³-hybridized carbons (Fsp3) is 0.471. The van der Waals surface area contributed by atoms with Crippen LogP contribution in [0.3, 0.4) is 0 Å². The molecule has 7 nitrogen and oxygen atoms in total. The number of carbonyl (C=O) groups is 1. The van der Waals surface area contributed by atoms with Gasteiger partial charge in [0.1, 0.15) is 5.69 Å². The third-order valence-electron chi connectivity index (χ3n) is 4.08. The van der Waals surface area contributed by atoms with Crippen LogP contribution in [0, 0.1) is 12.3 Å². The number of hydrogen-bond acceptors (Lipinski definition) is 6. The smallest absolute Gasteiger partial charge is 0.314 e. The highest BCUT2D eigenvalue weighted by atomic mass is 16.5. The van der Waals surface area contributed by atoms with Crippen molar-refractivity contribution in [2.45, 2.75) is 40.1 Å². The summed E-state index contributed by atoms with van der Waals surface area (Å²) in [5.41, 5.74) is 2.29. The van der Waals surface area contributed by atoms with Gasteiger partial charge in [0.15, 0.2) is 0 Å². The van der Waals surface area contributed by atoms with E-state index in [1.54, 1.807) is 20.0 Å². The largest absolute Gasteiger partial charge is 0.469 e. The molecular weight excluding hydrogens is 310 g/mol. The van der Waals surface area contributed by atoms with E-state index in [4.69, 9.17) is 9.47 Å². The number of nitrogens with zero attached hydrogens (tertiary/aromatic N) is 2. The van der Waals surface area contributed by atoms with Crippen LogP contribution in [-0.4, -0.2) is 33.6 Å². The van der Waals surface area contributed by atoms with Crippen molar-refractivity contribution in [3.63, 3.8) is 0 Å². The lowest BCUT2D eigenvalue weighted by Crippen LogP contribution is -2.34. The molecule has 0 spiro atoms. The van der Waals surface area contributed by atoms with Crippen LogP contribution in [0.4, 0.5) is 0 Å². The molecule has 0 saturated carbocycles. The van der Waals surface area contributed by atoms with Crippen LogP contribution in [-0.2, 0) is 27.5 Å². The van der Waals surface area contributed by atoms with E-state index in [1.807, 2.05) is 25.1 Å². The van der Waals surface area contributed by atoms with Crippen molar-refractivity contribution >= 4 is 5.97 Å². The number of aliphatic hydroxyl groups excluding tert-OH is 1. The van der Waals surface area contributed by atoms with Crippen molar-refractivity contribution in [2.24, 2.45) is 5.41 Å². The van der Waals surface area contributed by atoms with Gasteiger partial charge in [-0.2, -0.15) is 15.4 Å². The maximum Gasteiger partial charge on any atom is 0.314 e. The number of rotatable bonds is 7. The van der Waals surface area contributed by atoms with Crippen molar-refractivity contribution in [2.75, 3.05) is 7.11 Å². The van der Waals surface area contributed by atoms with Crippen molar-refractivity contribution < 1.29 is 19.4 Å². The van der Waals surface area contributed by atoms with Crippen LogP contribution in [0.2, 0.25) is 0 Å². The molecule has 1 unspecified atom stereocenters. The van der Waals surface area contributed by atoms with Gasteiger partial charge in [-0.3, -0.25) is 4.79 Å². The summed E-state index contributed by atoms with van der Waals surface area (Å²) in [6.45, 7) is 5.58. The van der Waals surface area contributed by atoms with Gasteiger partial charge in [0.05, 0.1) is 38.0 Å². The molecule has 7 heteroatoms. The van der Waals surface area contributed by atoms with E-state index in [9.17, 15) is 9.90 Å². The van der Waals surface area contributed by atoms with Crippen LogP contribution >= 0.6 is 0 Å². The minimum absolute atomic E-state index is 0.0751. The molecule has 0 bridgehead atoms. The van der Waals surface area contributed by atoms with Gasteiger partial charge in [0.25, 0.3) is 0 Å². The minimum Gasteiger partial charge on any atom is -0.469 e. The topological polar surface area (TPSA) is 97.3 Å². The number of aromatic amines is 1. The molecule has 2 rings (SSSR count). The fourth-order valence-electron chi connectivity index (χ4n) is 2.58. The quantitative estimate of drug-likeness (QED) is 0.753. The van der Waals surface area contributed by atoms with E-state index < -0.39 is 11.5 Å².